The van der Waals surface area contributed by atoms with Gasteiger partial charge in [0, 0.05) is 42.2 Å². The van der Waals surface area contributed by atoms with Crippen molar-refractivity contribution in [2.75, 3.05) is 32.1 Å². The van der Waals surface area contributed by atoms with Crippen LogP contribution in [0.15, 0.2) is 58.0 Å². The van der Waals surface area contributed by atoms with Crippen molar-refractivity contribution in [1.82, 2.24) is 9.21 Å². The van der Waals surface area contributed by atoms with Gasteiger partial charge in [0.1, 0.15) is 16.9 Å². The number of anilines is 1. The summed E-state index contributed by atoms with van der Waals surface area (Å²) in [5, 5.41) is 9.15. The Balaban J connectivity index is 1.64. The van der Waals surface area contributed by atoms with E-state index in [0.717, 1.165) is 22.4 Å². The molecule has 0 N–H and O–H groups in total. The molecular weight excluding hydrogens is 595 g/mol. The average molecular weight is 617 g/mol. The Kier molecular flexibility index (Phi) is 7.11. The molecule has 41 heavy (non-hydrogen) atoms. The molecule has 2 atom stereocenters. The van der Waals surface area contributed by atoms with E-state index in [9.17, 15) is 28.1 Å². The van der Waals surface area contributed by atoms with E-state index in [1.807, 2.05) is 6.07 Å². The number of likely N-dealkylation sites (N-methyl/N-ethyl adjacent to an activating group) is 1. The highest BCUT2D eigenvalue weighted by molar-refractivity contribution is 7.89. The summed E-state index contributed by atoms with van der Waals surface area (Å²) >= 11 is 12.3. The minimum absolute atomic E-state index is 0.0428. The molecule has 3 amide bonds. The van der Waals surface area contributed by atoms with Crippen molar-refractivity contribution in [2.24, 2.45) is 0 Å². The van der Waals surface area contributed by atoms with E-state index in [2.05, 4.69) is 0 Å². The van der Waals surface area contributed by atoms with Gasteiger partial charge in [0.25, 0.3) is 15.9 Å². The molecule has 0 unspecified atom stereocenters. The highest BCUT2D eigenvalue weighted by atomic mass is 35.5. The molecule has 3 aromatic rings. The monoisotopic (exact) mass is 616 g/mol. The molecule has 11 nitrogen and oxygen atoms in total. The molecule has 2 aliphatic heterocycles. The number of esters is 1. The molecule has 0 aliphatic carbocycles. The number of amides is 3. The lowest BCUT2D eigenvalue weighted by Crippen LogP contribution is -2.54. The number of methoxy groups -OCH3 is 1. The number of nitriles is 1. The number of hydrogen-bond acceptors (Lipinski definition) is 8. The van der Waals surface area contributed by atoms with Crippen LogP contribution in [0.2, 0.25) is 10.0 Å². The van der Waals surface area contributed by atoms with Crippen LogP contribution in [-0.2, 0) is 19.6 Å². The third-order valence-electron chi connectivity index (χ3n) is 7.47. The zero-order chi connectivity index (χ0) is 29.9. The van der Waals surface area contributed by atoms with Crippen LogP contribution in [0.4, 0.5) is 10.5 Å². The molecule has 212 valence electrons. The van der Waals surface area contributed by atoms with Crippen LogP contribution < -0.4 is 4.90 Å². The van der Waals surface area contributed by atoms with Crippen LogP contribution in [0.5, 0.6) is 0 Å². The maximum atomic E-state index is 14.3. The van der Waals surface area contributed by atoms with Gasteiger partial charge in [-0.1, -0.05) is 35.3 Å². The predicted molar refractivity (Wildman–Crippen MR) is 147 cm³/mol. The largest absolute Gasteiger partial charge is 0.465 e. The number of halogens is 2. The minimum atomic E-state index is -4.40. The van der Waals surface area contributed by atoms with E-state index >= 15 is 0 Å². The van der Waals surface area contributed by atoms with Crippen molar-refractivity contribution < 1.29 is 32.0 Å². The number of benzene rings is 2. The predicted octanol–water partition coefficient (Wildman–Crippen LogP) is 4.18. The fourth-order valence-electron chi connectivity index (χ4n) is 5.37. The van der Waals surface area contributed by atoms with Crippen LogP contribution in [0.1, 0.15) is 33.2 Å². The molecule has 1 spiro atoms. The summed E-state index contributed by atoms with van der Waals surface area (Å²) < 4.78 is 38.9. The van der Waals surface area contributed by atoms with E-state index < -0.39 is 51.0 Å². The van der Waals surface area contributed by atoms with E-state index in [0.29, 0.717) is 11.1 Å². The van der Waals surface area contributed by atoms with E-state index in [4.69, 9.17) is 32.4 Å². The van der Waals surface area contributed by atoms with Crippen LogP contribution in [-0.4, -0.2) is 68.3 Å². The highest BCUT2D eigenvalue weighted by Gasteiger charge is 2.66. The molecule has 14 heteroatoms. The zero-order valence-electron chi connectivity index (χ0n) is 21.9. The lowest BCUT2D eigenvalue weighted by Gasteiger charge is -2.33. The SMILES string of the molecule is COC(=O)c1cc(S(=O)(=O)N2C[C@@H](c3ccc(C#N)cc3)[C@]3(C2)C(=O)N(c2cc(Cl)cc(Cl)c2)C(=O)N3C)oc1C. The summed E-state index contributed by atoms with van der Waals surface area (Å²) in [6.07, 6.45) is 0. The second-order valence-electron chi connectivity index (χ2n) is 9.64. The maximum Gasteiger partial charge on any atom is 0.341 e. The second-order valence-corrected chi connectivity index (χ2v) is 12.4. The fourth-order valence-corrected chi connectivity index (χ4v) is 7.35. The molecule has 1 aromatic heterocycles. The first-order chi connectivity index (χ1) is 19.3. The number of urea groups is 1. The first kappa shape index (κ1) is 28.6. The molecule has 0 radical (unpaired) electrons. The van der Waals surface area contributed by atoms with E-state index in [-0.39, 0.29) is 33.6 Å². The fraction of sp³-hybridized carbons (Fsp3) is 0.259. The Morgan fingerprint density at radius 2 is 1.76 bits per heavy atom. The number of rotatable bonds is 5. The molecule has 2 fully saturated rings. The number of imide groups is 1. The quantitative estimate of drug-likeness (QED) is 0.307. The molecule has 2 aromatic carbocycles. The van der Waals surface area contributed by atoms with E-state index in [1.54, 1.807) is 24.3 Å². The maximum absolute atomic E-state index is 14.3. The minimum Gasteiger partial charge on any atom is -0.465 e. The van der Waals surface area contributed by atoms with Crippen molar-refractivity contribution in [3.8, 4) is 6.07 Å². The average Bonchev–Trinajstić information content (AvgIpc) is 3.59. The van der Waals surface area contributed by atoms with Gasteiger partial charge < -0.3 is 14.1 Å². The van der Waals surface area contributed by atoms with Gasteiger partial charge in [-0.3, -0.25) is 4.79 Å². The number of furan rings is 1. The summed E-state index contributed by atoms with van der Waals surface area (Å²) in [5.41, 5.74) is -0.710. The summed E-state index contributed by atoms with van der Waals surface area (Å²) in [4.78, 5) is 42.2. The van der Waals surface area contributed by atoms with Crippen LogP contribution >= 0.6 is 23.2 Å². The first-order valence-electron chi connectivity index (χ1n) is 12.1. The van der Waals surface area contributed by atoms with Crippen LogP contribution in [0.25, 0.3) is 0 Å². The third-order valence-corrected chi connectivity index (χ3v) is 9.58. The smallest absolute Gasteiger partial charge is 0.341 e. The lowest BCUT2D eigenvalue weighted by atomic mass is 9.80. The van der Waals surface area contributed by atoms with Crippen molar-refractivity contribution in [3.63, 3.8) is 0 Å². The van der Waals surface area contributed by atoms with Gasteiger partial charge in [-0.15, -0.1) is 0 Å². The standard InChI is InChI=1S/C27H22Cl2N4O7S/c1-15-21(24(34)39-3)11-23(40-15)41(37,38)32-13-22(17-6-4-16(12-30)5-7-17)27(14-32)25(35)33(26(36)31(27)2)20-9-18(28)8-19(29)10-20/h4-11,22H,13-14H2,1-3H3/t22-,27+/m0/s1. The number of nitrogens with zero attached hydrogens (tertiary/aromatic N) is 4. The normalized spacial score (nSPS) is 21.1. The van der Waals surface area contributed by atoms with Gasteiger partial charge in [0.15, 0.2) is 0 Å². The zero-order valence-corrected chi connectivity index (χ0v) is 24.2. The third kappa shape index (κ3) is 4.46. The molecule has 2 aliphatic rings. The molecule has 0 saturated carbocycles. The van der Waals surface area contributed by atoms with Gasteiger partial charge in [-0.05, 0) is 42.8 Å². The molecule has 3 heterocycles. The van der Waals surface area contributed by atoms with Crippen LogP contribution in [0, 0.1) is 18.3 Å². The Labute approximate surface area is 245 Å². The number of sulfonamides is 1. The molecule has 5 rings (SSSR count). The number of aryl methyl sites for hydroxylation is 1. The first-order valence-corrected chi connectivity index (χ1v) is 14.3. The van der Waals surface area contributed by atoms with Crippen molar-refractivity contribution in [3.05, 3.63) is 81.0 Å². The van der Waals surface area contributed by atoms with Gasteiger partial charge in [-0.2, -0.15) is 9.57 Å². The van der Waals surface area contributed by atoms with E-state index in [1.165, 1.54) is 37.1 Å². The van der Waals surface area contributed by atoms with Gasteiger partial charge in [0.2, 0.25) is 5.09 Å². The van der Waals surface area contributed by atoms with Crippen molar-refractivity contribution >= 4 is 56.8 Å². The van der Waals surface area contributed by atoms with Gasteiger partial charge in [0.05, 0.1) is 24.4 Å². The Morgan fingerprint density at radius 3 is 2.34 bits per heavy atom. The van der Waals surface area contributed by atoms with Gasteiger partial charge in [-0.25, -0.2) is 22.9 Å². The number of ether oxygens (including phenoxy) is 1. The molecule has 0 bridgehead atoms. The topological polar surface area (TPSA) is 141 Å². The van der Waals surface area contributed by atoms with Crippen molar-refractivity contribution in [1.29, 1.82) is 5.26 Å². The summed E-state index contributed by atoms with van der Waals surface area (Å²) in [6.45, 7) is 0.797. The summed E-state index contributed by atoms with van der Waals surface area (Å²) in [6, 6.07) is 13.0. The highest BCUT2D eigenvalue weighted by Crippen LogP contribution is 2.48. The number of carbonyl (C=O) groups excluding carboxylic acids is 3. The Hall–Kier alpha value is -3.89. The number of carbonyl (C=O) groups is 3. The summed E-state index contributed by atoms with van der Waals surface area (Å²) in [7, 11) is -1.82. The Bertz CT molecular complexity index is 1730. The van der Waals surface area contributed by atoms with Crippen LogP contribution in [0.3, 0.4) is 0 Å². The molecular formula is C27H22Cl2N4O7S. The van der Waals surface area contributed by atoms with Gasteiger partial charge >= 0.3 is 12.0 Å². The van der Waals surface area contributed by atoms with Crippen molar-refractivity contribution in [2.45, 2.75) is 23.5 Å². The lowest BCUT2D eigenvalue weighted by molar-refractivity contribution is -0.124. The summed E-state index contributed by atoms with van der Waals surface area (Å²) in [5.74, 6) is -2.25. The second kappa shape index (κ2) is 10.2. The Morgan fingerprint density at radius 1 is 1.12 bits per heavy atom. The number of hydrogen-bond donors (Lipinski definition) is 0. The molecule has 2 saturated heterocycles.